The normalized spacial score (nSPS) is 24.4. The highest BCUT2D eigenvalue weighted by molar-refractivity contribution is 5.79. The Hall–Kier alpha value is -2.09. The van der Waals surface area contributed by atoms with E-state index in [9.17, 15) is 4.79 Å². The summed E-state index contributed by atoms with van der Waals surface area (Å²) >= 11 is 0. The molecule has 1 saturated heterocycles. The van der Waals surface area contributed by atoms with Gasteiger partial charge >= 0.3 is 0 Å². The molecule has 0 aromatic heterocycles. The third-order valence-corrected chi connectivity index (χ3v) is 4.65. The molecule has 0 radical (unpaired) electrons. The molecule has 0 unspecified atom stereocenters. The van der Waals surface area contributed by atoms with Gasteiger partial charge in [-0.25, -0.2) is 0 Å². The Kier molecular flexibility index (Phi) is 2.62. The maximum absolute atomic E-state index is 12.1. The van der Waals surface area contributed by atoms with Gasteiger partial charge in [-0.3, -0.25) is 4.79 Å². The highest BCUT2D eigenvalue weighted by Crippen LogP contribution is 2.42. The summed E-state index contributed by atoms with van der Waals surface area (Å²) in [6.07, 6.45) is 1.68. The SMILES string of the molecule is O=C1CC[C@@H]2[C@H](c3ccccc3)c3ccccc3CN12. The first-order chi connectivity index (χ1) is 9.84. The van der Waals surface area contributed by atoms with Crippen molar-refractivity contribution in [3.05, 3.63) is 71.3 Å². The summed E-state index contributed by atoms with van der Waals surface area (Å²) in [4.78, 5) is 14.2. The van der Waals surface area contributed by atoms with Crippen molar-refractivity contribution in [3.8, 4) is 0 Å². The van der Waals surface area contributed by atoms with Crippen LogP contribution in [0.15, 0.2) is 54.6 Å². The number of rotatable bonds is 1. The summed E-state index contributed by atoms with van der Waals surface area (Å²) in [6.45, 7) is 0.781. The molecule has 2 nitrogen and oxygen atoms in total. The average molecular weight is 263 g/mol. The van der Waals surface area contributed by atoms with E-state index in [0.29, 0.717) is 24.3 Å². The van der Waals surface area contributed by atoms with Crippen LogP contribution in [-0.2, 0) is 11.3 Å². The van der Waals surface area contributed by atoms with E-state index < -0.39 is 0 Å². The molecule has 2 aromatic carbocycles. The summed E-state index contributed by atoms with van der Waals surface area (Å²) in [5.74, 6) is 0.637. The van der Waals surface area contributed by atoms with Crippen LogP contribution in [0.5, 0.6) is 0 Å². The number of carbonyl (C=O) groups excluding carboxylic acids is 1. The molecule has 1 amide bonds. The van der Waals surface area contributed by atoms with Crippen LogP contribution in [0.2, 0.25) is 0 Å². The first kappa shape index (κ1) is 11.7. The molecule has 4 rings (SSSR count). The molecular formula is C18H17NO. The van der Waals surface area contributed by atoms with Gasteiger partial charge in [0.05, 0.1) is 0 Å². The minimum Gasteiger partial charge on any atom is -0.334 e. The predicted molar refractivity (Wildman–Crippen MR) is 78.3 cm³/mol. The van der Waals surface area contributed by atoms with Gasteiger partial charge in [0.2, 0.25) is 5.91 Å². The third-order valence-electron chi connectivity index (χ3n) is 4.65. The Morgan fingerprint density at radius 2 is 1.70 bits per heavy atom. The third kappa shape index (κ3) is 1.68. The lowest BCUT2D eigenvalue weighted by molar-refractivity contribution is -0.130. The summed E-state index contributed by atoms with van der Waals surface area (Å²) in [6, 6.07) is 19.5. The molecule has 2 aliphatic heterocycles. The van der Waals surface area contributed by atoms with Gasteiger partial charge in [-0.1, -0.05) is 54.6 Å². The van der Waals surface area contributed by atoms with Crippen LogP contribution in [0.4, 0.5) is 0 Å². The van der Waals surface area contributed by atoms with Gasteiger partial charge in [0.15, 0.2) is 0 Å². The molecule has 2 heterocycles. The van der Waals surface area contributed by atoms with Crippen LogP contribution in [-0.4, -0.2) is 16.8 Å². The van der Waals surface area contributed by atoms with Crippen molar-refractivity contribution in [3.63, 3.8) is 0 Å². The highest BCUT2D eigenvalue weighted by atomic mass is 16.2. The number of amides is 1. The molecule has 100 valence electrons. The van der Waals surface area contributed by atoms with Crippen LogP contribution in [0.3, 0.4) is 0 Å². The van der Waals surface area contributed by atoms with Crippen LogP contribution >= 0.6 is 0 Å². The van der Waals surface area contributed by atoms with Gasteiger partial charge in [-0.2, -0.15) is 0 Å². The number of hydrogen-bond donors (Lipinski definition) is 0. The molecule has 0 N–H and O–H groups in total. The monoisotopic (exact) mass is 263 g/mol. The summed E-state index contributed by atoms with van der Waals surface area (Å²) in [5.41, 5.74) is 4.02. The van der Waals surface area contributed by atoms with E-state index in [1.807, 2.05) is 0 Å². The quantitative estimate of drug-likeness (QED) is 0.773. The second-order valence-electron chi connectivity index (χ2n) is 5.71. The standard InChI is InChI=1S/C18H17NO/c20-17-11-10-16-18(13-6-2-1-3-7-13)15-9-5-4-8-14(15)12-19(16)17/h1-9,16,18H,10-12H2/t16-,18-/m1/s1. The summed E-state index contributed by atoms with van der Waals surface area (Å²) < 4.78 is 0. The van der Waals surface area contributed by atoms with Crippen LogP contribution in [0.25, 0.3) is 0 Å². The zero-order chi connectivity index (χ0) is 13.5. The van der Waals surface area contributed by atoms with Gasteiger partial charge in [0.1, 0.15) is 0 Å². The number of benzene rings is 2. The first-order valence-electron chi connectivity index (χ1n) is 7.27. The zero-order valence-corrected chi connectivity index (χ0v) is 11.3. The molecule has 0 spiro atoms. The molecule has 2 aromatic rings. The van der Waals surface area contributed by atoms with Crippen LogP contribution in [0.1, 0.15) is 35.4 Å². The fraction of sp³-hybridized carbons (Fsp3) is 0.278. The summed E-state index contributed by atoms with van der Waals surface area (Å²) in [7, 11) is 0. The van der Waals surface area contributed by atoms with Crippen molar-refractivity contribution in [1.29, 1.82) is 0 Å². The Labute approximate surface area is 119 Å². The number of carbonyl (C=O) groups is 1. The van der Waals surface area contributed by atoms with E-state index >= 15 is 0 Å². The topological polar surface area (TPSA) is 20.3 Å². The Bertz CT molecular complexity index is 649. The lowest BCUT2D eigenvalue weighted by atomic mass is 9.79. The minimum atomic E-state index is 0.311. The molecule has 2 aliphatic rings. The van der Waals surface area contributed by atoms with Crippen LogP contribution < -0.4 is 0 Å². The minimum absolute atomic E-state index is 0.311. The van der Waals surface area contributed by atoms with E-state index in [4.69, 9.17) is 0 Å². The molecule has 1 fully saturated rings. The van der Waals surface area contributed by atoms with Crippen molar-refractivity contribution < 1.29 is 4.79 Å². The predicted octanol–water partition coefficient (Wildman–Crippen LogP) is 3.32. The van der Waals surface area contributed by atoms with E-state index in [1.54, 1.807) is 0 Å². The van der Waals surface area contributed by atoms with Crippen molar-refractivity contribution >= 4 is 5.91 Å². The Morgan fingerprint density at radius 3 is 2.55 bits per heavy atom. The Morgan fingerprint density at radius 1 is 0.950 bits per heavy atom. The van der Waals surface area contributed by atoms with Crippen molar-refractivity contribution in [1.82, 2.24) is 4.90 Å². The lowest BCUT2D eigenvalue weighted by Gasteiger charge is -2.38. The second kappa shape index (κ2) is 4.48. The number of fused-ring (bicyclic) bond motifs is 2. The molecule has 2 heteroatoms. The fourth-order valence-corrected chi connectivity index (χ4v) is 3.74. The second-order valence-corrected chi connectivity index (χ2v) is 5.71. The molecule has 20 heavy (non-hydrogen) atoms. The van der Waals surface area contributed by atoms with Crippen molar-refractivity contribution in [2.45, 2.75) is 31.3 Å². The van der Waals surface area contributed by atoms with Gasteiger partial charge < -0.3 is 4.90 Å². The smallest absolute Gasteiger partial charge is 0.223 e. The average Bonchev–Trinajstić information content (AvgIpc) is 2.87. The van der Waals surface area contributed by atoms with Crippen LogP contribution in [0, 0.1) is 0 Å². The molecular weight excluding hydrogens is 246 g/mol. The van der Waals surface area contributed by atoms with Gasteiger partial charge in [0.25, 0.3) is 0 Å². The van der Waals surface area contributed by atoms with E-state index in [0.717, 1.165) is 13.0 Å². The van der Waals surface area contributed by atoms with Crippen molar-refractivity contribution in [2.75, 3.05) is 0 Å². The van der Waals surface area contributed by atoms with Crippen molar-refractivity contribution in [2.24, 2.45) is 0 Å². The van der Waals surface area contributed by atoms with E-state index in [2.05, 4.69) is 59.5 Å². The largest absolute Gasteiger partial charge is 0.334 e. The Balaban J connectivity index is 1.88. The van der Waals surface area contributed by atoms with E-state index in [1.165, 1.54) is 16.7 Å². The van der Waals surface area contributed by atoms with E-state index in [-0.39, 0.29) is 0 Å². The first-order valence-corrected chi connectivity index (χ1v) is 7.27. The molecule has 0 bridgehead atoms. The maximum atomic E-state index is 12.1. The molecule has 0 aliphatic carbocycles. The number of hydrogen-bond acceptors (Lipinski definition) is 1. The lowest BCUT2D eigenvalue weighted by Crippen LogP contribution is -2.41. The highest BCUT2D eigenvalue weighted by Gasteiger charge is 2.41. The van der Waals surface area contributed by atoms with Gasteiger partial charge in [-0.05, 0) is 23.1 Å². The van der Waals surface area contributed by atoms with Gasteiger partial charge in [0, 0.05) is 24.9 Å². The number of nitrogens with zero attached hydrogens (tertiary/aromatic N) is 1. The molecule has 0 saturated carbocycles. The molecule has 2 atom stereocenters. The fourth-order valence-electron chi connectivity index (χ4n) is 3.74. The van der Waals surface area contributed by atoms with Gasteiger partial charge in [-0.15, -0.1) is 0 Å². The maximum Gasteiger partial charge on any atom is 0.223 e. The zero-order valence-electron chi connectivity index (χ0n) is 11.3. The summed E-state index contributed by atoms with van der Waals surface area (Å²) in [5, 5.41) is 0.